The van der Waals surface area contributed by atoms with Crippen molar-refractivity contribution in [2.45, 2.75) is 32.6 Å². The van der Waals surface area contributed by atoms with Gasteiger partial charge in [-0.15, -0.1) is 0 Å². The Morgan fingerprint density at radius 1 is 1.39 bits per heavy atom. The first-order valence-corrected chi connectivity index (χ1v) is 6.88. The van der Waals surface area contributed by atoms with Crippen molar-refractivity contribution in [1.82, 2.24) is 9.97 Å². The fourth-order valence-corrected chi connectivity index (χ4v) is 3.54. The Hall–Kier alpha value is -1.16. The predicted molar refractivity (Wildman–Crippen MR) is 70.5 cm³/mol. The summed E-state index contributed by atoms with van der Waals surface area (Å²) in [6, 6.07) is 0. The van der Waals surface area contributed by atoms with E-state index in [2.05, 4.69) is 14.9 Å². The first-order chi connectivity index (χ1) is 8.73. The van der Waals surface area contributed by atoms with Gasteiger partial charge in [-0.1, -0.05) is 12.8 Å². The topological polar surface area (TPSA) is 49.2 Å². The number of nitrogens with zero attached hydrogens (tertiary/aromatic N) is 3. The Kier molecular flexibility index (Phi) is 2.98. The Labute approximate surface area is 108 Å². The molecule has 0 radical (unpaired) electrons. The molecule has 1 aliphatic carbocycles. The van der Waals surface area contributed by atoms with Crippen molar-refractivity contribution in [2.24, 2.45) is 11.3 Å². The lowest BCUT2D eigenvalue weighted by Crippen LogP contribution is -2.37. The summed E-state index contributed by atoms with van der Waals surface area (Å²) in [4.78, 5) is 11.1. The number of hydrogen-bond donors (Lipinski definition) is 1. The third-order valence-corrected chi connectivity index (χ3v) is 4.65. The summed E-state index contributed by atoms with van der Waals surface area (Å²) in [6.45, 7) is 4.23. The molecular formula is C14H21N3O. The molecule has 0 amide bonds. The van der Waals surface area contributed by atoms with Gasteiger partial charge in [-0.3, -0.25) is 0 Å². The molecule has 4 nitrogen and oxygen atoms in total. The molecule has 1 N–H and O–H groups in total. The van der Waals surface area contributed by atoms with Gasteiger partial charge in [0.25, 0.3) is 0 Å². The van der Waals surface area contributed by atoms with Crippen molar-refractivity contribution in [3.8, 4) is 0 Å². The zero-order valence-corrected chi connectivity index (χ0v) is 11.0. The lowest BCUT2D eigenvalue weighted by Gasteiger charge is -2.36. The molecule has 1 aliphatic heterocycles. The van der Waals surface area contributed by atoms with E-state index in [1.807, 2.05) is 19.3 Å². The molecule has 98 valence electrons. The molecule has 0 aromatic carbocycles. The maximum absolute atomic E-state index is 9.79. The van der Waals surface area contributed by atoms with Crippen LogP contribution in [0.1, 0.15) is 31.2 Å². The molecule has 18 heavy (non-hydrogen) atoms. The van der Waals surface area contributed by atoms with E-state index in [-0.39, 0.29) is 5.41 Å². The highest BCUT2D eigenvalue weighted by Crippen LogP contribution is 2.46. The van der Waals surface area contributed by atoms with Crippen molar-refractivity contribution in [2.75, 3.05) is 24.6 Å². The molecule has 1 aromatic rings. The number of anilines is 1. The minimum absolute atomic E-state index is 0.104. The summed E-state index contributed by atoms with van der Waals surface area (Å²) >= 11 is 0. The van der Waals surface area contributed by atoms with Crippen molar-refractivity contribution in [1.29, 1.82) is 0 Å². The summed E-state index contributed by atoms with van der Waals surface area (Å²) in [5.41, 5.74) is 1.19. The zero-order valence-electron chi connectivity index (χ0n) is 11.0. The van der Waals surface area contributed by atoms with Crippen molar-refractivity contribution >= 4 is 5.95 Å². The molecular weight excluding hydrogens is 226 g/mol. The number of aliphatic hydroxyl groups is 1. The van der Waals surface area contributed by atoms with Gasteiger partial charge in [0.2, 0.25) is 5.95 Å². The van der Waals surface area contributed by atoms with Crippen LogP contribution < -0.4 is 4.90 Å². The Morgan fingerprint density at radius 2 is 2.17 bits per heavy atom. The van der Waals surface area contributed by atoms with E-state index in [0.717, 1.165) is 31.0 Å². The van der Waals surface area contributed by atoms with E-state index in [4.69, 9.17) is 0 Å². The second kappa shape index (κ2) is 4.50. The number of aromatic nitrogens is 2. The summed E-state index contributed by atoms with van der Waals surface area (Å²) in [5, 5.41) is 9.79. The van der Waals surface area contributed by atoms with Gasteiger partial charge in [0, 0.05) is 30.9 Å². The number of aryl methyl sites for hydroxylation is 1. The van der Waals surface area contributed by atoms with Gasteiger partial charge in [0.05, 0.1) is 6.61 Å². The van der Waals surface area contributed by atoms with Gasteiger partial charge < -0.3 is 10.0 Å². The molecule has 1 saturated carbocycles. The van der Waals surface area contributed by atoms with Gasteiger partial charge in [0.1, 0.15) is 0 Å². The van der Waals surface area contributed by atoms with Gasteiger partial charge in [0.15, 0.2) is 0 Å². The third kappa shape index (κ3) is 1.88. The van der Waals surface area contributed by atoms with Crippen LogP contribution in [0.25, 0.3) is 0 Å². The quantitative estimate of drug-likeness (QED) is 0.865. The second-order valence-corrected chi connectivity index (χ2v) is 5.90. The van der Waals surface area contributed by atoms with Crippen molar-refractivity contribution < 1.29 is 5.11 Å². The van der Waals surface area contributed by atoms with E-state index < -0.39 is 0 Å². The van der Waals surface area contributed by atoms with Crippen LogP contribution in [-0.2, 0) is 0 Å². The third-order valence-electron chi connectivity index (χ3n) is 4.65. The Balaban J connectivity index is 1.82. The van der Waals surface area contributed by atoms with Crippen LogP contribution in [-0.4, -0.2) is 34.8 Å². The number of aliphatic hydroxyl groups excluding tert-OH is 1. The first-order valence-electron chi connectivity index (χ1n) is 6.88. The molecule has 1 aromatic heterocycles. The van der Waals surface area contributed by atoms with Gasteiger partial charge in [-0.2, -0.15) is 0 Å². The highest BCUT2D eigenvalue weighted by Gasteiger charge is 2.47. The smallest absolute Gasteiger partial charge is 0.225 e. The molecule has 0 bridgehead atoms. The number of rotatable bonds is 2. The van der Waals surface area contributed by atoms with Gasteiger partial charge in [-0.05, 0) is 31.2 Å². The van der Waals surface area contributed by atoms with E-state index >= 15 is 0 Å². The fraction of sp³-hybridized carbons (Fsp3) is 0.714. The van der Waals surface area contributed by atoms with Crippen molar-refractivity contribution in [3.63, 3.8) is 0 Å². The second-order valence-electron chi connectivity index (χ2n) is 5.90. The van der Waals surface area contributed by atoms with Crippen LogP contribution in [0.4, 0.5) is 5.95 Å². The molecule has 2 fully saturated rings. The summed E-state index contributed by atoms with van der Waals surface area (Å²) in [6.07, 6.45) is 8.68. The van der Waals surface area contributed by atoms with Crippen LogP contribution in [0.5, 0.6) is 0 Å². The molecule has 3 rings (SSSR count). The first kappa shape index (κ1) is 11.9. The normalized spacial score (nSPS) is 31.4. The number of hydrogen-bond acceptors (Lipinski definition) is 4. The molecule has 2 heterocycles. The summed E-state index contributed by atoms with van der Waals surface area (Å²) in [5.74, 6) is 1.43. The van der Waals surface area contributed by atoms with Gasteiger partial charge in [-0.25, -0.2) is 9.97 Å². The van der Waals surface area contributed by atoms with Crippen LogP contribution in [0.2, 0.25) is 0 Å². The SMILES string of the molecule is Cc1cnc(N2CC3CCCCC3(CO)C2)nc1. The summed E-state index contributed by atoms with van der Waals surface area (Å²) < 4.78 is 0. The largest absolute Gasteiger partial charge is 0.396 e. The Bertz CT molecular complexity index is 420. The average molecular weight is 247 g/mol. The zero-order chi connectivity index (χ0) is 12.6. The lowest BCUT2D eigenvalue weighted by atomic mass is 9.69. The maximum atomic E-state index is 9.79. The minimum atomic E-state index is 0.104. The van der Waals surface area contributed by atoms with Gasteiger partial charge >= 0.3 is 0 Å². The van der Waals surface area contributed by atoms with Crippen LogP contribution in [0, 0.1) is 18.3 Å². The number of fused-ring (bicyclic) bond motifs is 1. The van der Waals surface area contributed by atoms with E-state index in [1.165, 1.54) is 19.3 Å². The molecule has 2 atom stereocenters. The molecule has 2 aliphatic rings. The molecule has 2 unspecified atom stereocenters. The highest BCUT2D eigenvalue weighted by molar-refractivity contribution is 5.34. The standard InChI is InChI=1S/C14H21N3O/c1-11-6-15-13(16-7-11)17-8-12-4-2-3-5-14(12,9-17)10-18/h6-7,12,18H,2-5,8-10H2,1H3. The fourth-order valence-electron chi connectivity index (χ4n) is 3.54. The lowest BCUT2D eigenvalue weighted by molar-refractivity contribution is 0.0626. The van der Waals surface area contributed by atoms with Crippen LogP contribution >= 0.6 is 0 Å². The molecule has 1 saturated heterocycles. The van der Waals surface area contributed by atoms with Crippen LogP contribution in [0.3, 0.4) is 0 Å². The average Bonchev–Trinajstić information content (AvgIpc) is 2.79. The van der Waals surface area contributed by atoms with Crippen LogP contribution in [0.15, 0.2) is 12.4 Å². The molecule has 0 spiro atoms. The van der Waals surface area contributed by atoms with E-state index in [0.29, 0.717) is 12.5 Å². The maximum Gasteiger partial charge on any atom is 0.225 e. The predicted octanol–water partition coefficient (Wildman–Crippen LogP) is 1.77. The van der Waals surface area contributed by atoms with E-state index in [1.54, 1.807) is 0 Å². The molecule has 4 heteroatoms. The monoisotopic (exact) mass is 247 g/mol. The minimum Gasteiger partial charge on any atom is -0.396 e. The Morgan fingerprint density at radius 3 is 2.83 bits per heavy atom. The van der Waals surface area contributed by atoms with Crippen molar-refractivity contribution in [3.05, 3.63) is 18.0 Å². The highest BCUT2D eigenvalue weighted by atomic mass is 16.3. The summed E-state index contributed by atoms with van der Waals surface area (Å²) in [7, 11) is 0. The van der Waals surface area contributed by atoms with E-state index in [9.17, 15) is 5.11 Å².